The van der Waals surface area contributed by atoms with Crippen molar-refractivity contribution >= 4 is 11.9 Å². The lowest BCUT2D eigenvalue weighted by atomic mass is 10.1. The lowest BCUT2D eigenvalue weighted by Gasteiger charge is -2.19. The Kier molecular flexibility index (Phi) is 11.1. The van der Waals surface area contributed by atoms with E-state index in [0.717, 1.165) is 32.1 Å². The number of esters is 2. The highest BCUT2D eigenvalue weighted by Crippen LogP contribution is 2.12. The molecule has 4 heteroatoms. The lowest BCUT2D eigenvalue weighted by molar-refractivity contribution is -0.155. The SMILES string of the molecule is CCCCCCOC(=O)CCC(=O)OC(CC)C(C)C. The number of hydrogen-bond acceptors (Lipinski definition) is 4. The fraction of sp³-hybridized carbons (Fsp3) is 0.875. The van der Waals surface area contributed by atoms with E-state index in [1.54, 1.807) is 0 Å². The summed E-state index contributed by atoms with van der Waals surface area (Å²) in [7, 11) is 0. The molecule has 0 aromatic heterocycles. The average molecular weight is 286 g/mol. The summed E-state index contributed by atoms with van der Waals surface area (Å²) in [5.74, 6) is -0.320. The van der Waals surface area contributed by atoms with Crippen molar-refractivity contribution in [2.45, 2.75) is 78.7 Å². The molecular weight excluding hydrogens is 256 g/mol. The van der Waals surface area contributed by atoms with E-state index in [0.29, 0.717) is 12.5 Å². The van der Waals surface area contributed by atoms with Gasteiger partial charge in [0.25, 0.3) is 0 Å². The standard InChI is InChI=1S/C16H30O4/c1-5-7-8-9-12-19-15(17)10-11-16(18)20-14(6-2)13(3)4/h13-14H,5-12H2,1-4H3. The summed E-state index contributed by atoms with van der Waals surface area (Å²) < 4.78 is 10.4. The molecule has 0 spiro atoms. The maximum Gasteiger partial charge on any atom is 0.306 e. The van der Waals surface area contributed by atoms with Crippen LogP contribution in [0.2, 0.25) is 0 Å². The van der Waals surface area contributed by atoms with Crippen LogP contribution in [-0.2, 0) is 19.1 Å². The van der Waals surface area contributed by atoms with E-state index >= 15 is 0 Å². The highest BCUT2D eigenvalue weighted by Gasteiger charge is 2.17. The maximum absolute atomic E-state index is 11.6. The van der Waals surface area contributed by atoms with Gasteiger partial charge in [-0.3, -0.25) is 9.59 Å². The van der Waals surface area contributed by atoms with Gasteiger partial charge in [-0.1, -0.05) is 47.0 Å². The van der Waals surface area contributed by atoms with Crippen molar-refractivity contribution in [2.75, 3.05) is 6.61 Å². The van der Waals surface area contributed by atoms with Gasteiger partial charge in [-0.25, -0.2) is 0 Å². The molecule has 0 fully saturated rings. The van der Waals surface area contributed by atoms with Crippen LogP contribution in [0.25, 0.3) is 0 Å². The highest BCUT2D eigenvalue weighted by atomic mass is 16.5. The van der Waals surface area contributed by atoms with Crippen molar-refractivity contribution in [1.29, 1.82) is 0 Å². The fourth-order valence-corrected chi connectivity index (χ4v) is 1.91. The number of unbranched alkanes of at least 4 members (excludes halogenated alkanes) is 3. The van der Waals surface area contributed by atoms with E-state index < -0.39 is 0 Å². The molecule has 0 aliphatic carbocycles. The molecule has 0 radical (unpaired) electrons. The molecule has 20 heavy (non-hydrogen) atoms. The normalized spacial score (nSPS) is 12.2. The van der Waals surface area contributed by atoms with Crippen LogP contribution in [0.1, 0.15) is 72.6 Å². The third-order valence-electron chi connectivity index (χ3n) is 3.22. The number of rotatable bonds is 11. The van der Waals surface area contributed by atoms with Crippen LogP contribution in [0.15, 0.2) is 0 Å². The van der Waals surface area contributed by atoms with E-state index in [1.165, 1.54) is 0 Å². The third-order valence-corrected chi connectivity index (χ3v) is 3.22. The molecular formula is C16H30O4. The molecule has 1 atom stereocenters. The van der Waals surface area contributed by atoms with Crippen LogP contribution >= 0.6 is 0 Å². The Morgan fingerprint density at radius 3 is 2.15 bits per heavy atom. The first-order valence-corrected chi connectivity index (χ1v) is 7.86. The highest BCUT2D eigenvalue weighted by molar-refractivity contribution is 5.77. The molecule has 0 heterocycles. The van der Waals surface area contributed by atoms with E-state index in [1.807, 2.05) is 20.8 Å². The second-order valence-electron chi connectivity index (χ2n) is 5.46. The Bertz CT molecular complexity index is 274. The van der Waals surface area contributed by atoms with E-state index in [9.17, 15) is 9.59 Å². The molecule has 0 aromatic rings. The Hall–Kier alpha value is -1.06. The molecule has 0 aliphatic rings. The van der Waals surface area contributed by atoms with Crippen molar-refractivity contribution < 1.29 is 19.1 Å². The number of ether oxygens (including phenoxy) is 2. The minimum Gasteiger partial charge on any atom is -0.466 e. The van der Waals surface area contributed by atoms with Gasteiger partial charge in [-0.05, 0) is 18.8 Å². The first-order chi connectivity index (χ1) is 9.51. The summed E-state index contributed by atoms with van der Waals surface area (Å²) in [6.07, 6.45) is 5.26. The average Bonchev–Trinajstić information content (AvgIpc) is 2.41. The Labute approximate surface area is 123 Å². The first kappa shape index (κ1) is 18.9. The van der Waals surface area contributed by atoms with Crippen LogP contribution in [0, 0.1) is 5.92 Å². The van der Waals surface area contributed by atoms with Gasteiger partial charge in [0.15, 0.2) is 0 Å². The number of hydrogen-bond donors (Lipinski definition) is 0. The molecule has 0 amide bonds. The summed E-state index contributed by atoms with van der Waals surface area (Å²) in [4.78, 5) is 23.0. The molecule has 4 nitrogen and oxygen atoms in total. The summed E-state index contributed by atoms with van der Waals surface area (Å²) in [5.41, 5.74) is 0. The van der Waals surface area contributed by atoms with Crippen molar-refractivity contribution in [3.05, 3.63) is 0 Å². The smallest absolute Gasteiger partial charge is 0.306 e. The zero-order valence-corrected chi connectivity index (χ0v) is 13.4. The monoisotopic (exact) mass is 286 g/mol. The van der Waals surface area contributed by atoms with Crippen LogP contribution in [0.4, 0.5) is 0 Å². The predicted octanol–water partition coefficient (Wildman–Crippen LogP) is 3.87. The summed E-state index contributed by atoms with van der Waals surface area (Å²) in [6, 6.07) is 0. The zero-order valence-electron chi connectivity index (χ0n) is 13.4. The van der Waals surface area contributed by atoms with Crippen molar-refractivity contribution in [3.63, 3.8) is 0 Å². The molecule has 0 N–H and O–H groups in total. The topological polar surface area (TPSA) is 52.6 Å². The second-order valence-corrected chi connectivity index (χ2v) is 5.46. The molecule has 1 unspecified atom stereocenters. The van der Waals surface area contributed by atoms with Crippen molar-refractivity contribution in [2.24, 2.45) is 5.92 Å². The quantitative estimate of drug-likeness (QED) is 0.427. The van der Waals surface area contributed by atoms with Gasteiger partial charge in [0.1, 0.15) is 6.10 Å². The zero-order chi connectivity index (χ0) is 15.4. The van der Waals surface area contributed by atoms with Gasteiger partial charge in [0.2, 0.25) is 0 Å². The van der Waals surface area contributed by atoms with Crippen molar-refractivity contribution in [1.82, 2.24) is 0 Å². The van der Waals surface area contributed by atoms with Gasteiger partial charge >= 0.3 is 11.9 Å². The second kappa shape index (κ2) is 11.7. The molecule has 0 aromatic carbocycles. The Morgan fingerprint density at radius 1 is 0.950 bits per heavy atom. The minimum atomic E-state index is -0.312. The van der Waals surface area contributed by atoms with Gasteiger partial charge in [-0.2, -0.15) is 0 Å². The van der Waals surface area contributed by atoms with Gasteiger partial charge in [-0.15, -0.1) is 0 Å². The fourth-order valence-electron chi connectivity index (χ4n) is 1.91. The molecule has 0 saturated carbocycles. The maximum atomic E-state index is 11.6. The minimum absolute atomic E-state index is 0.0624. The summed E-state index contributed by atoms with van der Waals surface area (Å²) in [5, 5.41) is 0. The first-order valence-electron chi connectivity index (χ1n) is 7.86. The molecule has 118 valence electrons. The molecule has 0 rings (SSSR count). The number of carbonyl (C=O) groups excluding carboxylic acids is 2. The van der Waals surface area contributed by atoms with Gasteiger partial charge in [0, 0.05) is 0 Å². The third kappa shape index (κ3) is 9.82. The molecule has 0 bridgehead atoms. The van der Waals surface area contributed by atoms with Crippen LogP contribution in [0.3, 0.4) is 0 Å². The van der Waals surface area contributed by atoms with E-state index in [4.69, 9.17) is 9.47 Å². The molecule has 0 saturated heterocycles. The van der Waals surface area contributed by atoms with E-state index in [-0.39, 0.29) is 30.9 Å². The summed E-state index contributed by atoms with van der Waals surface area (Å²) >= 11 is 0. The summed E-state index contributed by atoms with van der Waals surface area (Å²) in [6.45, 7) is 8.62. The number of carbonyl (C=O) groups is 2. The van der Waals surface area contributed by atoms with Crippen LogP contribution in [-0.4, -0.2) is 24.6 Å². The van der Waals surface area contributed by atoms with Crippen molar-refractivity contribution in [3.8, 4) is 0 Å². The van der Waals surface area contributed by atoms with E-state index in [2.05, 4.69) is 6.92 Å². The molecule has 0 aliphatic heterocycles. The van der Waals surface area contributed by atoms with Crippen LogP contribution in [0.5, 0.6) is 0 Å². The van der Waals surface area contributed by atoms with Crippen LogP contribution < -0.4 is 0 Å². The van der Waals surface area contributed by atoms with Gasteiger partial charge in [0.05, 0.1) is 19.4 Å². The largest absolute Gasteiger partial charge is 0.466 e. The lowest BCUT2D eigenvalue weighted by Crippen LogP contribution is -2.23. The predicted molar refractivity (Wildman–Crippen MR) is 79.3 cm³/mol. The Morgan fingerprint density at radius 2 is 1.60 bits per heavy atom. The Balaban J connectivity index is 3.70. The van der Waals surface area contributed by atoms with Gasteiger partial charge < -0.3 is 9.47 Å².